The number of carbonyl (C=O) groups excluding carboxylic acids is 1. The van der Waals surface area contributed by atoms with Gasteiger partial charge in [-0.15, -0.1) is 11.8 Å². The van der Waals surface area contributed by atoms with Gasteiger partial charge in [0.25, 0.3) is 0 Å². The summed E-state index contributed by atoms with van der Waals surface area (Å²) in [7, 11) is 0. The highest BCUT2D eigenvalue weighted by Crippen LogP contribution is 2.40. The van der Waals surface area contributed by atoms with Gasteiger partial charge in [-0.3, -0.25) is 0 Å². The van der Waals surface area contributed by atoms with Crippen LogP contribution < -0.4 is 0 Å². The van der Waals surface area contributed by atoms with Gasteiger partial charge in [-0.25, -0.2) is 0 Å². The highest BCUT2D eigenvalue weighted by Gasteiger charge is 2.31. The molecule has 0 aromatic heterocycles. The van der Waals surface area contributed by atoms with Gasteiger partial charge in [0.1, 0.15) is 6.29 Å². The lowest BCUT2D eigenvalue weighted by atomic mass is 9.92. The molecule has 0 N–H and O–H groups in total. The summed E-state index contributed by atoms with van der Waals surface area (Å²) in [5.41, 5.74) is 0. The molecule has 3 atom stereocenters. The Hall–Kier alpha value is -0.240. The number of carbonyl (C=O) groups is 1. The lowest BCUT2D eigenvalue weighted by Crippen LogP contribution is -2.30. The number of thioether (sulfide) groups is 1. The highest BCUT2D eigenvalue weighted by molar-refractivity contribution is 8.01. The summed E-state index contributed by atoms with van der Waals surface area (Å²) < 4.78 is 0. The zero-order chi connectivity index (χ0) is 6.97. The minimum absolute atomic E-state index is 0.267. The van der Waals surface area contributed by atoms with Crippen LogP contribution in [-0.4, -0.2) is 16.8 Å². The lowest BCUT2D eigenvalue weighted by molar-refractivity contribution is -0.108. The highest BCUT2D eigenvalue weighted by atomic mass is 32.2. The van der Waals surface area contributed by atoms with Crippen molar-refractivity contribution in [3.8, 4) is 0 Å². The Labute approximate surface area is 64.9 Å². The van der Waals surface area contributed by atoms with Gasteiger partial charge in [-0.05, 0) is 18.8 Å². The fraction of sp³-hybridized carbons (Fsp3) is 0.625. The third kappa shape index (κ3) is 0.908. The molecule has 54 valence electrons. The van der Waals surface area contributed by atoms with E-state index in [1.165, 1.54) is 12.8 Å². The van der Waals surface area contributed by atoms with Crippen LogP contribution in [0.2, 0.25) is 0 Å². The summed E-state index contributed by atoms with van der Waals surface area (Å²) >= 11 is 1.83. The Kier molecular flexibility index (Phi) is 1.57. The second-order valence-corrected chi connectivity index (χ2v) is 4.32. The number of hydrogen-bond donors (Lipinski definition) is 0. The molecule has 0 saturated carbocycles. The van der Waals surface area contributed by atoms with E-state index >= 15 is 0 Å². The fourth-order valence-corrected chi connectivity index (χ4v) is 2.99. The van der Waals surface area contributed by atoms with E-state index < -0.39 is 0 Å². The number of hydrogen-bond acceptors (Lipinski definition) is 2. The van der Waals surface area contributed by atoms with Crippen molar-refractivity contribution in [3.63, 3.8) is 0 Å². The molecule has 3 aliphatic rings. The van der Waals surface area contributed by atoms with E-state index in [1.807, 2.05) is 11.8 Å². The van der Waals surface area contributed by atoms with E-state index in [9.17, 15) is 4.79 Å². The van der Waals surface area contributed by atoms with Crippen molar-refractivity contribution in [1.29, 1.82) is 0 Å². The molecule has 1 nitrogen and oxygen atoms in total. The number of allylic oxidation sites excluding steroid dienone is 1. The Balaban J connectivity index is 2.18. The monoisotopic (exact) mass is 154 g/mol. The van der Waals surface area contributed by atoms with E-state index in [1.54, 1.807) is 0 Å². The maximum atomic E-state index is 10.5. The first-order valence-corrected chi connectivity index (χ1v) is 4.63. The van der Waals surface area contributed by atoms with Crippen LogP contribution in [0.5, 0.6) is 0 Å². The van der Waals surface area contributed by atoms with Crippen molar-refractivity contribution in [2.45, 2.75) is 23.3 Å². The standard InChI is InChI=1S/C8H10OS/c9-5-8-6-1-3-7(10-8)4-2-6/h1,3,5-8H,2,4H2/t6-,7+,8-/m1/s1. The average molecular weight is 154 g/mol. The first-order chi connectivity index (χ1) is 4.90. The van der Waals surface area contributed by atoms with Crippen molar-refractivity contribution in [2.75, 3.05) is 0 Å². The van der Waals surface area contributed by atoms with Crippen LogP contribution >= 0.6 is 11.8 Å². The lowest BCUT2D eigenvalue weighted by Gasteiger charge is -2.34. The molecule has 0 aromatic carbocycles. The topological polar surface area (TPSA) is 17.1 Å². The minimum atomic E-state index is 0.267. The molecule has 0 unspecified atom stereocenters. The molecule has 0 radical (unpaired) electrons. The van der Waals surface area contributed by atoms with Crippen LogP contribution in [0.25, 0.3) is 0 Å². The molecule has 1 fully saturated rings. The van der Waals surface area contributed by atoms with Crippen LogP contribution in [0.1, 0.15) is 12.8 Å². The van der Waals surface area contributed by atoms with Gasteiger partial charge in [-0.2, -0.15) is 0 Å². The SMILES string of the molecule is O=C[C@H]1S[C@H]2C=C[C@@H]1CC2. The van der Waals surface area contributed by atoms with Crippen LogP contribution in [0, 0.1) is 5.92 Å². The zero-order valence-electron chi connectivity index (χ0n) is 5.69. The van der Waals surface area contributed by atoms with Gasteiger partial charge in [0.15, 0.2) is 0 Å². The van der Waals surface area contributed by atoms with Gasteiger partial charge in [-0.1, -0.05) is 12.2 Å². The quantitative estimate of drug-likeness (QED) is 0.422. The molecule has 2 heteroatoms. The molecular formula is C8H10OS. The summed E-state index contributed by atoms with van der Waals surface area (Å²) in [5, 5.41) is 0.906. The maximum Gasteiger partial charge on any atom is 0.133 e. The number of aldehydes is 1. The van der Waals surface area contributed by atoms with Gasteiger partial charge in [0.2, 0.25) is 0 Å². The van der Waals surface area contributed by atoms with E-state index in [0.29, 0.717) is 11.2 Å². The molecule has 0 aromatic rings. The Bertz CT molecular complexity index is 176. The minimum Gasteiger partial charge on any atom is -0.302 e. The molecule has 0 amide bonds. The van der Waals surface area contributed by atoms with Crippen molar-refractivity contribution in [2.24, 2.45) is 5.92 Å². The second-order valence-electron chi connectivity index (χ2n) is 2.90. The molecule has 10 heavy (non-hydrogen) atoms. The normalized spacial score (nSPS) is 43.8. The molecular weight excluding hydrogens is 144 g/mol. The predicted molar refractivity (Wildman–Crippen MR) is 43.1 cm³/mol. The smallest absolute Gasteiger partial charge is 0.133 e. The third-order valence-corrected chi connectivity index (χ3v) is 3.76. The Morgan fingerprint density at radius 2 is 2.30 bits per heavy atom. The fourth-order valence-electron chi connectivity index (χ4n) is 1.64. The van der Waals surface area contributed by atoms with Gasteiger partial charge in [0.05, 0.1) is 5.25 Å². The van der Waals surface area contributed by atoms with E-state index in [0.717, 1.165) is 6.29 Å². The van der Waals surface area contributed by atoms with E-state index in [4.69, 9.17) is 0 Å². The first-order valence-electron chi connectivity index (χ1n) is 3.69. The summed E-state index contributed by atoms with van der Waals surface area (Å²) in [6, 6.07) is 0. The van der Waals surface area contributed by atoms with Crippen molar-refractivity contribution >= 4 is 18.0 Å². The zero-order valence-corrected chi connectivity index (χ0v) is 6.51. The molecule has 3 rings (SSSR count). The molecule has 2 bridgehead atoms. The van der Waals surface area contributed by atoms with Crippen LogP contribution in [0.4, 0.5) is 0 Å². The third-order valence-electron chi connectivity index (χ3n) is 2.25. The van der Waals surface area contributed by atoms with Gasteiger partial charge >= 0.3 is 0 Å². The first kappa shape index (κ1) is 6.47. The van der Waals surface area contributed by atoms with Crippen molar-refractivity contribution < 1.29 is 4.79 Å². The number of rotatable bonds is 1. The summed E-state index contributed by atoms with van der Waals surface area (Å²) in [6.45, 7) is 0. The molecule has 2 heterocycles. The van der Waals surface area contributed by atoms with Crippen LogP contribution in [-0.2, 0) is 4.79 Å². The van der Waals surface area contributed by atoms with Crippen LogP contribution in [0.3, 0.4) is 0 Å². The molecule has 0 spiro atoms. The predicted octanol–water partition coefficient (Wildman–Crippen LogP) is 1.64. The average Bonchev–Trinajstić information content (AvgIpc) is 2.06. The number of fused-ring (bicyclic) bond motifs is 2. The summed E-state index contributed by atoms with van der Waals surface area (Å²) in [6.07, 6.45) is 8.06. The molecule has 2 aliphatic heterocycles. The summed E-state index contributed by atoms with van der Waals surface area (Å²) in [4.78, 5) is 10.5. The van der Waals surface area contributed by atoms with E-state index in [2.05, 4.69) is 12.2 Å². The van der Waals surface area contributed by atoms with Gasteiger partial charge < -0.3 is 4.79 Å². The van der Waals surface area contributed by atoms with Crippen molar-refractivity contribution in [3.05, 3.63) is 12.2 Å². The van der Waals surface area contributed by atoms with Gasteiger partial charge in [0, 0.05) is 5.25 Å². The van der Waals surface area contributed by atoms with Crippen molar-refractivity contribution in [1.82, 2.24) is 0 Å². The van der Waals surface area contributed by atoms with E-state index in [-0.39, 0.29) is 5.25 Å². The second kappa shape index (κ2) is 2.42. The van der Waals surface area contributed by atoms with Crippen LogP contribution in [0.15, 0.2) is 12.2 Å². The Morgan fingerprint density at radius 1 is 1.40 bits per heavy atom. The Morgan fingerprint density at radius 3 is 2.60 bits per heavy atom. The molecule has 1 saturated heterocycles. The largest absolute Gasteiger partial charge is 0.302 e. The summed E-state index contributed by atoms with van der Waals surface area (Å²) in [5.74, 6) is 0.549. The maximum absolute atomic E-state index is 10.5. The molecule has 1 aliphatic carbocycles.